The van der Waals surface area contributed by atoms with Crippen LogP contribution in [-0.4, -0.2) is 41.8 Å². The summed E-state index contributed by atoms with van der Waals surface area (Å²) in [6, 6.07) is 0.118. The number of rotatable bonds is 5. The summed E-state index contributed by atoms with van der Waals surface area (Å²) in [5.41, 5.74) is 0.409. The molecule has 0 amide bonds. The second kappa shape index (κ2) is 5.98. The number of ether oxygens (including phenoxy) is 3. The van der Waals surface area contributed by atoms with Crippen molar-refractivity contribution < 1.29 is 19.1 Å². The van der Waals surface area contributed by atoms with Crippen LogP contribution in [0.15, 0.2) is 0 Å². The molecule has 0 aliphatic carbocycles. The van der Waals surface area contributed by atoms with Gasteiger partial charge in [0, 0.05) is 20.3 Å². The van der Waals surface area contributed by atoms with E-state index in [1.165, 1.54) is 7.11 Å². The van der Waals surface area contributed by atoms with Crippen molar-refractivity contribution >= 4 is 5.69 Å². The van der Waals surface area contributed by atoms with E-state index >= 15 is 0 Å². The van der Waals surface area contributed by atoms with E-state index in [0.717, 1.165) is 12.8 Å². The number of aromatic nitrogens is 2. The topological polar surface area (TPSA) is 88.7 Å². The summed E-state index contributed by atoms with van der Waals surface area (Å²) >= 11 is 0. The van der Waals surface area contributed by atoms with Crippen molar-refractivity contribution in [2.75, 3.05) is 27.1 Å². The molecular formula is C11H17N3O5. The summed E-state index contributed by atoms with van der Waals surface area (Å²) in [7, 11) is 1.45. The van der Waals surface area contributed by atoms with Crippen LogP contribution in [0.4, 0.5) is 5.69 Å². The van der Waals surface area contributed by atoms with E-state index in [-0.39, 0.29) is 24.4 Å². The molecule has 2 heterocycles. The van der Waals surface area contributed by atoms with Crippen LogP contribution in [0.1, 0.15) is 24.6 Å². The largest absolute Gasteiger partial charge is 0.445 e. The highest BCUT2D eigenvalue weighted by Crippen LogP contribution is 2.33. The van der Waals surface area contributed by atoms with Crippen molar-refractivity contribution in [3.05, 3.63) is 15.8 Å². The third kappa shape index (κ3) is 2.85. The first-order chi connectivity index (χ1) is 9.15. The maximum Gasteiger partial charge on any atom is 0.353 e. The van der Waals surface area contributed by atoms with Gasteiger partial charge in [-0.25, -0.2) is 0 Å². The number of nitro groups is 1. The Morgan fingerprint density at radius 2 is 2.21 bits per heavy atom. The number of hydrogen-bond acceptors (Lipinski definition) is 6. The second-order valence-electron chi connectivity index (χ2n) is 4.34. The molecule has 1 aliphatic heterocycles. The maximum absolute atomic E-state index is 11.1. The third-order valence-corrected chi connectivity index (χ3v) is 3.12. The fraction of sp³-hybridized carbons (Fsp3) is 0.727. The molecule has 0 N–H and O–H groups in total. The summed E-state index contributed by atoms with van der Waals surface area (Å²) in [6.07, 6.45) is 1.59. The van der Waals surface area contributed by atoms with Crippen LogP contribution in [0.2, 0.25) is 0 Å². The second-order valence-corrected chi connectivity index (χ2v) is 4.34. The predicted molar refractivity (Wildman–Crippen MR) is 65.2 cm³/mol. The lowest BCUT2D eigenvalue weighted by Gasteiger charge is -2.22. The van der Waals surface area contributed by atoms with Crippen LogP contribution in [0.5, 0.6) is 5.88 Å². The van der Waals surface area contributed by atoms with Crippen LogP contribution < -0.4 is 4.74 Å². The molecule has 0 bridgehead atoms. The highest BCUT2D eigenvalue weighted by Gasteiger charge is 2.30. The number of nitrogens with zero attached hydrogens (tertiary/aromatic N) is 3. The standard InChI is InChI=1S/C11H17N3O5/c1-8-10(14(15)16)11(19-7-17-2)12-13(8)9-3-5-18-6-4-9/h9H,3-7H2,1-2H3. The van der Waals surface area contributed by atoms with Gasteiger partial charge in [0.05, 0.1) is 11.0 Å². The van der Waals surface area contributed by atoms with E-state index in [1.54, 1.807) is 11.6 Å². The van der Waals surface area contributed by atoms with Gasteiger partial charge in [0.2, 0.25) is 0 Å². The highest BCUT2D eigenvalue weighted by molar-refractivity contribution is 5.45. The van der Waals surface area contributed by atoms with Crippen molar-refractivity contribution in [3.63, 3.8) is 0 Å². The number of hydrogen-bond donors (Lipinski definition) is 0. The smallest absolute Gasteiger partial charge is 0.353 e. The maximum atomic E-state index is 11.1. The lowest BCUT2D eigenvalue weighted by Crippen LogP contribution is -2.21. The molecule has 19 heavy (non-hydrogen) atoms. The van der Waals surface area contributed by atoms with Gasteiger partial charge in [0.15, 0.2) is 6.79 Å². The minimum absolute atomic E-state index is 0.0100. The average molecular weight is 271 g/mol. The summed E-state index contributed by atoms with van der Waals surface area (Å²) in [6.45, 7) is 2.91. The SMILES string of the molecule is COCOc1nn(C2CCOCC2)c(C)c1[N+](=O)[O-]. The molecule has 0 spiro atoms. The Hall–Kier alpha value is -1.67. The molecule has 2 rings (SSSR count). The molecule has 0 unspecified atom stereocenters. The van der Waals surface area contributed by atoms with Crippen molar-refractivity contribution in [1.29, 1.82) is 0 Å². The van der Waals surface area contributed by atoms with Crippen LogP contribution in [0.3, 0.4) is 0 Å². The fourth-order valence-corrected chi connectivity index (χ4v) is 2.19. The molecule has 1 aliphatic rings. The van der Waals surface area contributed by atoms with E-state index in [1.807, 2.05) is 0 Å². The first kappa shape index (κ1) is 13.8. The molecule has 0 aromatic carbocycles. The fourth-order valence-electron chi connectivity index (χ4n) is 2.19. The summed E-state index contributed by atoms with van der Waals surface area (Å²) in [5.74, 6) is 0.0100. The highest BCUT2D eigenvalue weighted by atomic mass is 16.7. The van der Waals surface area contributed by atoms with Crippen molar-refractivity contribution in [2.45, 2.75) is 25.8 Å². The quantitative estimate of drug-likeness (QED) is 0.457. The molecule has 8 nitrogen and oxygen atoms in total. The zero-order valence-corrected chi connectivity index (χ0v) is 11.0. The van der Waals surface area contributed by atoms with E-state index in [2.05, 4.69) is 5.10 Å². The van der Waals surface area contributed by atoms with Gasteiger partial charge in [-0.15, -0.1) is 5.10 Å². The Morgan fingerprint density at radius 3 is 2.79 bits per heavy atom. The molecule has 1 fully saturated rings. The first-order valence-electron chi connectivity index (χ1n) is 6.08. The van der Waals surface area contributed by atoms with Crippen LogP contribution >= 0.6 is 0 Å². The first-order valence-corrected chi connectivity index (χ1v) is 6.08. The summed E-state index contributed by atoms with van der Waals surface area (Å²) in [4.78, 5) is 10.6. The molecule has 106 valence electrons. The van der Waals surface area contributed by atoms with Gasteiger partial charge in [-0.2, -0.15) is 0 Å². The zero-order valence-electron chi connectivity index (χ0n) is 11.0. The van der Waals surface area contributed by atoms with Crippen LogP contribution in [0.25, 0.3) is 0 Å². The molecule has 1 aromatic rings. The van der Waals surface area contributed by atoms with E-state index in [4.69, 9.17) is 14.2 Å². The Bertz CT molecular complexity index is 453. The molecule has 0 atom stereocenters. The van der Waals surface area contributed by atoms with Crippen LogP contribution in [-0.2, 0) is 9.47 Å². The van der Waals surface area contributed by atoms with Crippen molar-refractivity contribution in [2.24, 2.45) is 0 Å². The number of methoxy groups -OCH3 is 1. The van der Waals surface area contributed by atoms with Crippen molar-refractivity contribution in [3.8, 4) is 5.88 Å². The lowest BCUT2D eigenvalue weighted by molar-refractivity contribution is -0.386. The van der Waals surface area contributed by atoms with E-state index < -0.39 is 4.92 Å². The van der Waals surface area contributed by atoms with Crippen molar-refractivity contribution in [1.82, 2.24) is 9.78 Å². The Labute approximate surface area is 110 Å². The lowest BCUT2D eigenvalue weighted by atomic mass is 10.1. The average Bonchev–Trinajstić information content (AvgIpc) is 2.74. The van der Waals surface area contributed by atoms with Gasteiger partial charge in [-0.1, -0.05) is 0 Å². The molecule has 0 radical (unpaired) electrons. The van der Waals surface area contributed by atoms with E-state index in [9.17, 15) is 10.1 Å². The van der Waals surface area contributed by atoms with Gasteiger partial charge in [-0.3, -0.25) is 14.8 Å². The molecule has 1 saturated heterocycles. The third-order valence-electron chi connectivity index (χ3n) is 3.12. The zero-order chi connectivity index (χ0) is 13.8. The minimum Gasteiger partial charge on any atom is -0.445 e. The molecule has 0 saturated carbocycles. The monoisotopic (exact) mass is 271 g/mol. The summed E-state index contributed by atoms with van der Waals surface area (Å²) < 4.78 is 16.9. The van der Waals surface area contributed by atoms with E-state index in [0.29, 0.717) is 18.9 Å². The van der Waals surface area contributed by atoms with Gasteiger partial charge >= 0.3 is 11.6 Å². The Kier molecular flexibility index (Phi) is 4.33. The normalized spacial score (nSPS) is 16.5. The van der Waals surface area contributed by atoms with Gasteiger partial charge in [0.1, 0.15) is 5.69 Å². The predicted octanol–water partition coefficient (Wildman–Crippen LogP) is 1.43. The van der Waals surface area contributed by atoms with Gasteiger partial charge < -0.3 is 14.2 Å². The van der Waals surface area contributed by atoms with Gasteiger partial charge in [0.25, 0.3) is 0 Å². The van der Waals surface area contributed by atoms with Gasteiger partial charge in [-0.05, 0) is 19.8 Å². The van der Waals surface area contributed by atoms with Crippen LogP contribution in [0, 0.1) is 17.0 Å². The Morgan fingerprint density at radius 1 is 1.53 bits per heavy atom. The molecular weight excluding hydrogens is 254 g/mol. The summed E-state index contributed by atoms with van der Waals surface area (Å²) in [5, 5.41) is 15.3. The minimum atomic E-state index is -0.469. The molecule has 1 aromatic heterocycles. The Balaban J connectivity index is 2.30. The molecule has 8 heteroatoms.